The zero-order valence-electron chi connectivity index (χ0n) is 11.2. The number of nitrogens with zero attached hydrogens (tertiary/aromatic N) is 2. The van der Waals surface area contributed by atoms with Gasteiger partial charge in [0.15, 0.2) is 0 Å². The fraction of sp³-hybridized carbons (Fsp3) is 0.467. The van der Waals surface area contributed by atoms with E-state index in [0.29, 0.717) is 18.3 Å². The third-order valence-electron chi connectivity index (χ3n) is 4.07. The Kier molecular flexibility index (Phi) is 3.01. The smallest absolute Gasteiger partial charge is 0.230 e. The SMILES string of the molecule is c1ccc2c(c1)CC(c1nc(C3CNCCO3)no1)C2. The normalized spacial score (nSPS) is 22.9. The second kappa shape index (κ2) is 5.00. The van der Waals surface area contributed by atoms with Crippen LogP contribution in [0.4, 0.5) is 0 Å². The van der Waals surface area contributed by atoms with Gasteiger partial charge in [-0.25, -0.2) is 0 Å². The highest BCUT2D eigenvalue weighted by Gasteiger charge is 2.29. The van der Waals surface area contributed by atoms with E-state index in [1.807, 2.05) is 0 Å². The Hall–Kier alpha value is -1.72. The van der Waals surface area contributed by atoms with Crippen LogP contribution in [0.1, 0.15) is 34.9 Å². The molecule has 1 N–H and O–H groups in total. The van der Waals surface area contributed by atoms with Crippen LogP contribution in [0.2, 0.25) is 0 Å². The molecule has 0 bridgehead atoms. The fourth-order valence-corrected chi connectivity index (χ4v) is 3.01. The molecule has 2 heterocycles. The van der Waals surface area contributed by atoms with Crippen molar-refractivity contribution in [2.45, 2.75) is 24.9 Å². The highest BCUT2D eigenvalue weighted by molar-refractivity contribution is 5.34. The van der Waals surface area contributed by atoms with Crippen LogP contribution in [-0.4, -0.2) is 29.8 Å². The van der Waals surface area contributed by atoms with Gasteiger partial charge in [0.2, 0.25) is 11.7 Å². The van der Waals surface area contributed by atoms with Gasteiger partial charge in [-0.05, 0) is 24.0 Å². The van der Waals surface area contributed by atoms with Gasteiger partial charge in [-0.15, -0.1) is 0 Å². The third-order valence-corrected chi connectivity index (χ3v) is 4.07. The quantitative estimate of drug-likeness (QED) is 0.899. The van der Waals surface area contributed by atoms with Crippen LogP contribution < -0.4 is 5.32 Å². The topological polar surface area (TPSA) is 60.2 Å². The largest absolute Gasteiger partial charge is 0.367 e. The van der Waals surface area contributed by atoms with Crippen LogP contribution in [0.15, 0.2) is 28.8 Å². The van der Waals surface area contributed by atoms with Crippen molar-refractivity contribution in [3.05, 3.63) is 47.1 Å². The summed E-state index contributed by atoms with van der Waals surface area (Å²) in [4.78, 5) is 4.56. The molecule has 1 aliphatic carbocycles. The summed E-state index contributed by atoms with van der Waals surface area (Å²) >= 11 is 0. The van der Waals surface area contributed by atoms with E-state index in [-0.39, 0.29) is 6.10 Å². The molecule has 1 atom stereocenters. The van der Waals surface area contributed by atoms with Gasteiger partial charge in [-0.2, -0.15) is 4.98 Å². The summed E-state index contributed by atoms with van der Waals surface area (Å²) in [6.07, 6.45) is 1.90. The monoisotopic (exact) mass is 271 g/mol. The van der Waals surface area contributed by atoms with E-state index in [4.69, 9.17) is 9.26 Å². The molecule has 0 saturated carbocycles. The van der Waals surface area contributed by atoms with Gasteiger partial charge in [-0.3, -0.25) is 0 Å². The van der Waals surface area contributed by atoms with Crippen molar-refractivity contribution in [3.63, 3.8) is 0 Å². The molecular formula is C15H17N3O2. The summed E-state index contributed by atoms with van der Waals surface area (Å²) in [5.74, 6) is 1.72. The van der Waals surface area contributed by atoms with Crippen molar-refractivity contribution in [2.75, 3.05) is 19.7 Å². The second-order valence-corrected chi connectivity index (χ2v) is 5.43. The van der Waals surface area contributed by atoms with Crippen LogP contribution in [0, 0.1) is 0 Å². The lowest BCUT2D eigenvalue weighted by molar-refractivity contribution is 0.0208. The molecule has 104 valence electrons. The summed E-state index contributed by atoms with van der Waals surface area (Å²) in [6.45, 7) is 2.34. The van der Waals surface area contributed by atoms with Gasteiger partial charge in [0.05, 0.1) is 6.61 Å². The Morgan fingerprint density at radius 2 is 1.95 bits per heavy atom. The van der Waals surface area contributed by atoms with Crippen LogP contribution >= 0.6 is 0 Å². The van der Waals surface area contributed by atoms with Crippen molar-refractivity contribution in [3.8, 4) is 0 Å². The van der Waals surface area contributed by atoms with Gasteiger partial charge in [0.25, 0.3) is 0 Å². The van der Waals surface area contributed by atoms with Crippen LogP contribution in [0.5, 0.6) is 0 Å². The Balaban J connectivity index is 1.52. The first kappa shape index (κ1) is 12.1. The van der Waals surface area contributed by atoms with E-state index in [1.165, 1.54) is 11.1 Å². The Labute approximate surface area is 117 Å². The molecule has 2 aliphatic rings. The molecule has 1 fully saturated rings. The molecule has 1 aromatic heterocycles. The van der Waals surface area contributed by atoms with Crippen LogP contribution in [0.3, 0.4) is 0 Å². The maximum absolute atomic E-state index is 5.65. The van der Waals surface area contributed by atoms with E-state index in [0.717, 1.165) is 31.8 Å². The van der Waals surface area contributed by atoms with Crippen molar-refractivity contribution < 1.29 is 9.26 Å². The maximum atomic E-state index is 5.65. The van der Waals surface area contributed by atoms with E-state index in [9.17, 15) is 0 Å². The van der Waals surface area contributed by atoms with Crippen molar-refractivity contribution >= 4 is 0 Å². The van der Waals surface area contributed by atoms with Crippen molar-refractivity contribution in [1.82, 2.24) is 15.5 Å². The van der Waals surface area contributed by atoms with E-state index in [1.54, 1.807) is 0 Å². The highest BCUT2D eigenvalue weighted by Crippen LogP contribution is 2.33. The summed E-state index contributed by atoms with van der Waals surface area (Å²) in [7, 11) is 0. The molecule has 20 heavy (non-hydrogen) atoms. The lowest BCUT2D eigenvalue weighted by Gasteiger charge is -2.20. The number of benzene rings is 1. The van der Waals surface area contributed by atoms with Gasteiger partial charge in [-0.1, -0.05) is 29.4 Å². The molecule has 5 heteroatoms. The molecule has 0 spiro atoms. The predicted octanol–water partition coefficient (Wildman–Crippen LogP) is 1.61. The number of morpholine rings is 1. The molecule has 1 aromatic carbocycles. The van der Waals surface area contributed by atoms with Gasteiger partial charge < -0.3 is 14.6 Å². The van der Waals surface area contributed by atoms with Gasteiger partial charge in [0.1, 0.15) is 6.10 Å². The van der Waals surface area contributed by atoms with Crippen LogP contribution in [-0.2, 0) is 17.6 Å². The van der Waals surface area contributed by atoms with E-state index >= 15 is 0 Å². The number of fused-ring (bicyclic) bond motifs is 1. The Morgan fingerprint density at radius 3 is 2.65 bits per heavy atom. The molecule has 1 saturated heterocycles. The standard InChI is InChI=1S/C15H17N3O2/c1-2-4-11-8-12(7-10(11)3-1)15-17-14(18-20-15)13-9-16-5-6-19-13/h1-4,12-13,16H,5-9H2. The van der Waals surface area contributed by atoms with Gasteiger partial charge >= 0.3 is 0 Å². The minimum absolute atomic E-state index is 0.0787. The lowest BCUT2D eigenvalue weighted by atomic mass is 10.1. The highest BCUT2D eigenvalue weighted by atomic mass is 16.5. The Morgan fingerprint density at radius 1 is 1.15 bits per heavy atom. The predicted molar refractivity (Wildman–Crippen MR) is 72.5 cm³/mol. The van der Waals surface area contributed by atoms with E-state index < -0.39 is 0 Å². The summed E-state index contributed by atoms with van der Waals surface area (Å²) in [5.41, 5.74) is 2.79. The first-order valence-corrected chi connectivity index (χ1v) is 7.13. The average molecular weight is 271 g/mol. The number of nitrogens with one attached hydrogen (secondary N) is 1. The number of hydrogen-bond acceptors (Lipinski definition) is 5. The summed E-state index contributed by atoms with van der Waals surface area (Å²) in [5, 5.41) is 7.38. The first-order valence-electron chi connectivity index (χ1n) is 7.13. The molecule has 2 aromatic rings. The number of hydrogen-bond donors (Lipinski definition) is 1. The van der Waals surface area contributed by atoms with Crippen molar-refractivity contribution in [1.29, 1.82) is 0 Å². The van der Waals surface area contributed by atoms with Crippen LogP contribution in [0.25, 0.3) is 0 Å². The van der Waals surface area contributed by atoms with Gasteiger partial charge in [0, 0.05) is 19.0 Å². The Bertz CT molecular complexity index is 580. The second-order valence-electron chi connectivity index (χ2n) is 5.43. The average Bonchev–Trinajstić information content (AvgIpc) is 3.14. The number of rotatable bonds is 2. The molecular weight excluding hydrogens is 254 g/mol. The molecule has 1 unspecified atom stereocenters. The first-order chi connectivity index (χ1) is 9.90. The summed E-state index contributed by atoms with van der Waals surface area (Å²) in [6, 6.07) is 8.53. The minimum atomic E-state index is -0.0787. The molecule has 0 amide bonds. The lowest BCUT2D eigenvalue weighted by Crippen LogP contribution is -2.33. The molecule has 5 nitrogen and oxygen atoms in total. The minimum Gasteiger partial charge on any atom is -0.367 e. The van der Waals surface area contributed by atoms with Crippen molar-refractivity contribution in [2.24, 2.45) is 0 Å². The third kappa shape index (κ3) is 2.13. The number of ether oxygens (including phenoxy) is 1. The molecule has 0 radical (unpaired) electrons. The number of aromatic nitrogens is 2. The molecule has 4 rings (SSSR count). The molecule has 1 aliphatic heterocycles. The zero-order valence-corrected chi connectivity index (χ0v) is 11.2. The zero-order chi connectivity index (χ0) is 13.4. The fourth-order valence-electron chi connectivity index (χ4n) is 3.01. The van der Waals surface area contributed by atoms with E-state index in [2.05, 4.69) is 39.7 Å². The summed E-state index contributed by atoms with van der Waals surface area (Å²) < 4.78 is 11.1. The maximum Gasteiger partial charge on any atom is 0.230 e.